The number of amides is 1. The molecule has 10 heteroatoms. The lowest BCUT2D eigenvalue weighted by Crippen LogP contribution is -2.26. The van der Waals surface area contributed by atoms with Gasteiger partial charge in [-0.05, 0) is 55.8 Å². The molecule has 0 bridgehead atoms. The minimum Gasteiger partial charge on any atom is -0.466 e. The largest absolute Gasteiger partial charge is 0.466 e. The molecule has 33 heavy (non-hydrogen) atoms. The van der Waals surface area contributed by atoms with E-state index in [-0.39, 0.29) is 42.6 Å². The molecular formula is C23H18N4O6. The molecule has 1 aromatic heterocycles. The number of esters is 1. The van der Waals surface area contributed by atoms with E-state index in [0.29, 0.717) is 22.6 Å². The highest BCUT2D eigenvalue weighted by molar-refractivity contribution is 5.96. The van der Waals surface area contributed by atoms with Gasteiger partial charge in [0.25, 0.3) is 11.8 Å². The van der Waals surface area contributed by atoms with E-state index in [9.17, 15) is 14.9 Å². The summed E-state index contributed by atoms with van der Waals surface area (Å²) in [6, 6.07) is 13.1. The molecule has 3 aromatic rings. The fraction of sp³-hybridized carbons (Fsp3) is 0.174. The predicted molar refractivity (Wildman–Crippen MR) is 115 cm³/mol. The number of anilines is 1. The Morgan fingerprint density at radius 1 is 1.18 bits per heavy atom. The summed E-state index contributed by atoms with van der Waals surface area (Å²) in [6.45, 7) is 3.59. The van der Waals surface area contributed by atoms with Crippen LogP contribution < -0.4 is 19.5 Å². The second kappa shape index (κ2) is 9.23. The topological polar surface area (TPSA) is 133 Å². The lowest BCUT2D eigenvalue weighted by molar-refractivity contribution is -0.118. The lowest BCUT2D eigenvalue weighted by atomic mass is 10.1. The van der Waals surface area contributed by atoms with Crippen LogP contribution >= 0.6 is 0 Å². The standard InChI is InChI=1S/C23H18N4O6/c1-3-30-22(29)15-6-8-16(9-7-15)32-23-26-20-19(25-18(28)12-31-20)21(27-23)33-17-10-14(11-24)5-4-13(17)2/h4-10H,3,12H2,1-2H3,(H,25,28). The zero-order chi connectivity index (χ0) is 23.4. The van der Waals surface area contributed by atoms with Crippen molar-refractivity contribution in [3.05, 3.63) is 59.2 Å². The van der Waals surface area contributed by atoms with Crippen LogP contribution in [-0.4, -0.2) is 35.1 Å². The number of rotatable bonds is 6. The first-order valence-corrected chi connectivity index (χ1v) is 9.95. The summed E-state index contributed by atoms with van der Waals surface area (Å²) in [5.41, 5.74) is 1.68. The average molecular weight is 446 g/mol. The van der Waals surface area contributed by atoms with Crippen LogP contribution in [0.3, 0.4) is 0 Å². The average Bonchev–Trinajstić information content (AvgIpc) is 2.81. The molecule has 1 amide bonds. The number of benzene rings is 2. The van der Waals surface area contributed by atoms with Gasteiger partial charge in [-0.1, -0.05) is 6.07 Å². The van der Waals surface area contributed by atoms with Crippen LogP contribution in [0.4, 0.5) is 5.69 Å². The van der Waals surface area contributed by atoms with Crippen molar-refractivity contribution in [2.24, 2.45) is 0 Å². The SMILES string of the molecule is CCOC(=O)c1ccc(Oc2nc3c(c(Oc4cc(C#N)ccc4C)n2)NC(=O)CO3)cc1. The number of aryl methyl sites for hydroxylation is 1. The number of nitriles is 1. The molecule has 0 fully saturated rings. The highest BCUT2D eigenvalue weighted by atomic mass is 16.5. The summed E-state index contributed by atoms with van der Waals surface area (Å²) in [5, 5.41) is 11.8. The molecule has 10 nitrogen and oxygen atoms in total. The van der Waals surface area contributed by atoms with Crippen LogP contribution in [0.25, 0.3) is 0 Å². The lowest BCUT2D eigenvalue weighted by Gasteiger charge is -2.20. The normalized spacial score (nSPS) is 12.0. The van der Waals surface area contributed by atoms with Gasteiger partial charge in [-0.15, -0.1) is 0 Å². The van der Waals surface area contributed by atoms with Crippen molar-refractivity contribution in [2.75, 3.05) is 18.5 Å². The third kappa shape index (κ3) is 4.83. The summed E-state index contributed by atoms with van der Waals surface area (Å²) >= 11 is 0. The summed E-state index contributed by atoms with van der Waals surface area (Å²) in [6.07, 6.45) is 0. The minimum atomic E-state index is -0.441. The van der Waals surface area contributed by atoms with Gasteiger partial charge in [0.2, 0.25) is 5.88 Å². The van der Waals surface area contributed by atoms with Crippen LogP contribution in [0.5, 0.6) is 29.3 Å². The van der Waals surface area contributed by atoms with Gasteiger partial charge in [0.05, 0.1) is 23.8 Å². The van der Waals surface area contributed by atoms with Gasteiger partial charge < -0.3 is 24.3 Å². The third-order valence-corrected chi connectivity index (χ3v) is 4.52. The Morgan fingerprint density at radius 3 is 2.70 bits per heavy atom. The van der Waals surface area contributed by atoms with Crippen LogP contribution in [0.2, 0.25) is 0 Å². The van der Waals surface area contributed by atoms with Crippen LogP contribution in [0.15, 0.2) is 42.5 Å². The fourth-order valence-electron chi connectivity index (χ4n) is 2.90. The van der Waals surface area contributed by atoms with Gasteiger partial charge >= 0.3 is 12.0 Å². The van der Waals surface area contributed by atoms with Gasteiger partial charge in [-0.25, -0.2) is 4.79 Å². The van der Waals surface area contributed by atoms with Crippen LogP contribution in [-0.2, 0) is 9.53 Å². The molecule has 1 aliphatic rings. The highest BCUT2D eigenvalue weighted by Gasteiger charge is 2.26. The van der Waals surface area contributed by atoms with Gasteiger partial charge in [0.1, 0.15) is 11.5 Å². The number of hydrogen-bond donors (Lipinski definition) is 1. The molecule has 0 saturated carbocycles. The Morgan fingerprint density at radius 2 is 1.97 bits per heavy atom. The summed E-state index contributed by atoms with van der Waals surface area (Å²) in [7, 11) is 0. The second-order valence-corrected chi connectivity index (χ2v) is 6.87. The number of hydrogen-bond acceptors (Lipinski definition) is 9. The van der Waals surface area contributed by atoms with E-state index in [2.05, 4.69) is 15.3 Å². The Kier molecular flexibility index (Phi) is 6.04. The van der Waals surface area contributed by atoms with Gasteiger partial charge in [0.15, 0.2) is 12.3 Å². The zero-order valence-electron chi connectivity index (χ0n) is 17.7. The maximum Gasteiger partial charge on any atom is 0.338 e. The Bertz CT molecular complexity index is 1270. The summed E-state index contributed by atoms with van der Waals surface area (Å²) in [4.78, 5) is 32.1. The molecule has 2 heterocycles. The van der Waals surface area contributed by atoms with Crippen molar-refractivity contribution in [1.82, 2.24) is 9.97 Å². The second-order valence-electron chi connectivity index (χ2n) is 6.87. The van der Waals surface area contributed by atoms with Crippen molar-refractivity contribution in [2.45, 2.75) is 13.8 Å². The fourth-order valence-corrected chi connectivity index (χ4v) is 2.90. The van der Waals surface area contributed by atoms with Gasteiger partial charge in [-0.2, -0.15) is 15.2 Å². The maximum absolute atomic E-state index is 11.8. The first kappa shape index (κ1) is 21.6. The molecule has 1 aliphatic heterocycles. The quantitative estimate of drug-likeness (QED) is 0.562. The molecule has 166 valence electrons. The smallest absolute Gasteiger partial charge is 0.338 e. The number of aromatic nitrogens is 2. The van der Waals surface area contributed by atoms with Crippen molar-refractivity contribution < 1.29 is 28.5 Å². The molecule has 0 saturated heterocycles. The number of nitrogens with zero attached hydrogens (tertiary/aromatic N) is 3. The molecule has 0 unspecified atom stereocenters. The molecule has 2 aromatic carbocycles. The summed E-state index contributed by atoms with van der Waals surface area (Å²) < 4.78 is 22.0. The molecule has 0 radical (unpaired) electrons. The molecule has 0 spiro atoms. The molecule has 1 N–H and O–H groups in total. The van der Waals surface area contributed by atoms with Crippen LogP contribution in [0, 0.1) is 18.3 Å². The van der Waals surface area contributed by atoms with E-state index < -0.39 is 5.97 Å². The van der Waals surface area contributed by atoms with E-state index in [1.54, 1.807) is 49.4 Å². The minimum absolute atomic E-state index is 0.00983. The van der Waals surface area contributed by atoms with E-state index in [0.717, 1.165) is 5.56 Å². The summed E-state index contributed by atoms with van der Waals surface area (Å²) in [5.74, 6) is -0.0299. The Hall–Kier alpha value is -4.65. The first-order chi connectivity index (χ1) is 16.0. The first-order valence-electron chi connectivity index (χ1n) is 9.95. The maximum atomic E-state index is 11.8. The van der Waals surface area contributed by atoms with Gasteiger partial charge in [0, 0.05) is 0 Å². The molecular weight excluding hydrogens is 428 g/mol. The monoisotopic (exact) mass is 446 g/mol. The number of nitrogens with one attached hydrogen (secondary N) is 1. The Labute approximate surface area is 188 Å². The van der Waals surface area contributed by atoms with E-state index >= 15 is 0 Å². The van der Waals surface area contributed by atoms with Crippen molar-refractivity contribution >= 4 is 17.6 Å². The van der Waals surface area contributed by atoms with Crippen LogP contribution in [0.1, 0.15) is 28.4 Å². The predicted octanol–water partition coefficient (Wildman–Crippen LogP) is 3.75. The van der Waals surface area contributed by atoms with Gasteiger partial charge in [-0.3, -0.25) is 4.79 Å². The Balaban J connectivity index is 1.66. The van der Waals surface area contributed by atoms with E-state index in [1.165, 1.54) is 0 Å². The third-order valence-electron chi connectivity index (χ3n) is 4.52. The van der Waals surface area contributed by atoms with Crippen molar-refractivity contribution in [3.63, 3.8) is 0 Å². The number of fused-ring (bicyclic) bond motifs is 1. The number of carbonyl (C=O) groups is 2. The number of carbonyl (C=O) groups excluding carboxylic acids is 2. The van der Waals surface area contributed by atoms with Crippen molar-refractivity contribution in [1.29, 1.82) is 5.26 Å². The highest BCUT2D eigenvalue weighted by Crippen LogP contribution is 2.39. The molecule has 0 atom stereocenters. The number of ether oxygens (including phenoxy) is 4. The molecule has 4 rings (SSSR count). The zero-order valence-corrected chi connectivity index (χ0v) is 17.7. The van der Waals surface area contributed by atoms with E-state index in [4.69, 9.17) is 18.9 Å². The van der Waals surface area contributed by atoms with E-state index in [1.807, 2.05) is 13.0 Å². The van der Waals surface area contributed by atoms with Crippen molar-refractivity contribution in [3.8, 4) is 35.3 Å². The molecule has 0 aliphatic carbocycles.